The topological polar surface area (TPSA) is 76.5 Å². The van der Waals surface area contributed by atoms with E-state index in [0.717, 1.165) is 23.4 Å². The lowest BCUT2D eigenvalue weighted by Gasteiger charge is -2.33. The Kier molecular flexibility index (Phi) is 5.06. The lowest BCUT2D eigenvalue weighted by atomic mass is 9.91. The van der Waals surface area contributed by atoms with Gasteiger partial charge in [0.05, 0.1) is 23.1 Å². The zero-order valence-corrected chi connectivity index (χ0v) is 17.8. The minimum Gasteiger partial charge on any atom is -0.351 e. The van der Waals surface area contributed by atoms with E-state index >= 15 is 0 Å². The first-order valence-electron chi connectivity index (χ1n) is 10.2. The molecule has 0 N–H and O–H groups in total. The molecule has 7 nitrogen and oxygen atoms in total. The zero-order valence-electron chi connectivity index (χ0n) is 17.8. The number of hydrogen-bond donors (Lipinski definition) is 0. The van der Waals surface area contributed by atoms with Crippen LogP contribution in [0.5, 0.6) is 0 Å². The molecule has 0 aliphatic carbocycles. The minimum atomic E-state index is -4.59. The van der Waals surface area contributed by atoms with Crippen molar-refractivity contribution >= 4 is 11.6 Å². The number of amides is 1. The molecule has 1 saturated heterocycles. The van der Waals surface area contributed by atoms with Crippen LogP contribution in [0.3, 0.4) is 0 Å². The first kappa shape index (κ1) is 21.3. The highest BCUT2D eigenvalue weighted by Crippen LogP contribution is 2.36. The first-order valence-corrected chi connectivity index (χ1v) is 10.2. The van der Waals surface area contributed by atoms with E-state index in [9.17, 15) is 18.0 Å². The van der Waals surface area contributed by atoms with Gasteiger partial charge < -0.3 is 9.42 Å². The molecule has 0 radical (unpaired) electrons. The second kappa shape index (κ2) is 7.35. The maximum atomic E-state index is 13.8. The Hall–Kier alpha value is -2.91. The number of piperidine rings is 1. The van der Waals surface area contributed by atoms with Crippen molar-refractivity contribution in [2.45, 2.75) is 64.6 Å². The average Bonchev–Trinajstić information content (AvgIpc) is 3.31. The molecule has 3 aromatic heterocycles. The van der Waals surface area contributed by atoms with Gasteiger partial charge >= 0.3 is 6.18 Å². The highest BCUT2D eigenvalue weighted by molar-refractivity contribution is 5.91. The zero-order chi connectivity index (χ0) is 22.6. The van der Waals surface area contributed by atoms with Crippen molar-refractivity contribution in [3.8, 4) is 0 Å². The number of alkyl halides is 3. The molecule has 0 bridgehead atoms. The number of carbonyl (C=O) groups excluding carboxylic acids is 1. The summed E-state index contributed by atoms with van der Waals surface area (Å²) in [4.78, 5) is 19.0. The number of aromatic nitrogens is 4. The van der Waals surface area contributed by atoms with E-state index in [1.165, 1.54) is 0 Å². The van der Waals surface area contributed by atoms with Crippen LogP contribution in [0, 0.1) is 6.92 Å². The van der Waals surface area contributed by atoms with Crippen molar-refractivity contribution in [1.29, 1.82) is 0 Å². The SMILES string of the molecule is Cc1cc(C(=O)N2CCCCC2c2cc3nc(C(C)(C)C)cc(C(F)(F)F)n3n2)on1. The number of carbonyl (C=O) groups is 1. The molecule has 1 unspecified atom stereocenters. The molecule has 1 aliphatic heterocycles. The van der Waals surface area contributed by atoms with Crippen LogP contribution in [-0.4, -0.2) is 37.1 Å². The van der Waals surface area contributed by atoms with E-state index < -0.39 is 23.3 Å². The summed E-state index contributed by atoms with van der Waals surface area (Å²) in [6, 6.07) is 3.68. The molecule has 10 heteroatoms. The maximum absolute atomic E-state index is 13.8. The smallest absolute Gasteiger partial charge is 0.351 e. The van der Waals surface area contributed by atoms with Gasteiger partial charge in [0.2, 0.25) is 5.76 Å². The van der Waals surface area contributed by atoms with E-state index in [2.05, 4.69) is 15.2 Å². The molecule has 0 aromatic carbocycles. The predicted octanol–water partition coefficient (Wildman–Crippen LogP) is 4.71. The van der Waals surface area contributed by atoms with Gasteiger partial charge in [0.25, 0.3) is 5.91 Å². The molecule has 1 aliphatic rings. The summed E-state index contributed by atoms with van der Waals surface area (Å²) in [5.74, 6) is -0.237. The second-order valence-electron chi connectivity index (χ2n) is 8.96. The molecule has 1 atom stereocenters. The number of likely N-dealkylation sites (tertiary alicyclic amines) is 1. The molecule has 4 heterocycles. The minimum absolute atomic E-state index is 0.109. The maximum Gasteiger partial charge on any atom is 0.433 e. The third kappa shape index (κ3) is 4.03. The molecule has 0 saturated carbocycles. The van der Waals surface area contributed by atoms with Crippen LogP contribution in [0.4, 0.5) is 13.2 Å². The fourth-order valence-corrected chi connectivity index (χ4v) is 3.83. The van der Waals surface area contributed by atoms with Gasteiger partial charge in [0, 0.05) is 24.1 Å². The van der Waals surface area contributed by atoms with Crippen LogP contribution in [0.1, 0.15) is 79.4 Å². The normalized spacial score (nSPS) is 18.0. The number of aryl methyl sites for hydroxylation is 1. The molecule has 0 spiro atoms. The van der Waals surface area contributed by atoms with Crippen LogP contribution in [0.2, 0.25) is 0 Å². The van der Waals surface area contributed by atoms with E-state index in [1.54, 1.807) is 24.0 Å². The lowest BCUT2D eigenvalue weighted by Crippen LogP contribution is -2.38. The Labute approximate surface area is 177 Å². The van der Waals surface area contributed by atoms with E-state index in [-0.39, 0.29) is 17.3 Å². The molecule has 166 valence electrons. The highest BCUT2D eigenvalue weighted by atomic mass is 19.4. The third-order valence-corrected chi connectivity index (χ3v) is 5.45. The van der Waals surface area contributed by atoms with Crippen LogP contribution in [0.15, 0.2) is 22.7 Å². The summed E-state index contributed by atoms with van der Waals surface area (Å²) < 4.78 is 47.3. The molecular formula is C21H24F3N5O2. The number of nitrogens with zero attached hydrogens (tertiary/aromatic N) is 5. The Balaban J connectivity index is 1.80. The number of halogens is 3. The fraction of sp³-hybridized carbons (Fsp3) is 0.524. The van der Waals surface area contributed by atoms with Crippen molar-refractivity contribution in [1.82, 2.24) is 24.7 Å². The van der Waals surface area contributed by atoms with Crippen LogP contribution < -0.4 is 0 Å². The average molecular weight is 435 g/mol. The highest BCUT2D eigenvalue weighted by Gasteiger charge is 2.38. The summed E-state index contributed by atoms with van der Waals surface area (Å²) in [6.45, 7) is 7.61. The van der Waals surface area contributed by atoms with Gasteiger partial charge in [0.15, 0.2) is 5.65 Å². The summed E-state index contributed by atoms with van der Waals surface area (Å²) in [6.07, 6.45) is -2.37. The van der Waals surface area contributed by atoms with Crippen molar-refractivity contribution < 1.29 is 22.5 Å². The van der Waals surface area contributed by atoms with Gasteiger partial charge in [-0.3, -0.25) is 4.79 Å². The van der Waals surface area contributed by atoms with Gasteiger partial charge in [-0.2, -0.15) is 18.3 Å². The van der Waals surface area contributed by atoms with Gasteiger partial charge in [-0.05, 0) is 32.3 Å². The van der Waals surface area contributed by atoms with Crippen molar-refractivity contribution in [2.24, 2.45) is 0 Å². The van der Waals surface area contributed by atoms with Gasteiger partial charge in [-0.1, -0.05) is 25.9 Å². The quantitative estimate of drug-likeness (QED) is 0.583. The number of fused-ring (bicyclic) bond motifs is 1. The lowest BCUT2D eigenvalue weighted by molar-refractivity contribution is -0.142. The third-order valence-electron chi connectivity index (χ3n) is 5.45. The van der Waals surface area contributed by atoms with E-state index in [1.807, 2.05) is 20.8 Å². The van der Waals surface area contributed by atoms with Crippen molar-refractivity contribution in [2.75, 3.05) is 6.54 Å². The first-order chi connectivity index (χ1) is 14.4. The summed E-state index contributed by atoms with van der Waals surface area (Å²) in [5, 5.41) is 8.01. The van der Waals surface area contributed by atoms with Crippen LogP contribution in [-0.2, 0) is 11.6 Å². The standard InChI is InChI=1S/C21H24F3N5O2/c1-12-9-15(31-27-12)19(30)28-8-6-5-7-14(28)13-10-18-25-16(20(2,3)4)11-17(21(22,23)24)29(18)26-13/h9-11,14H,5-8H2,1-4H3. The Morgan fingerprint density at radius 1 is 1.16 bits per heavy atom. The molecule has 3 aromatic rings. The van der Waals surface area contributed by atoms with Crippen molar-refractivity contribution in [3.05, 3.63) is 46.7 Å². The Morgan fingerprint density at radius 2 is 1.90 bits per heavy atom. The molecule has 1 fully saturated rings. The Morgan fingerprint density at radius 3 is 2.52 bits per heavy atom. The molecule has 4 rings (SSSR count). The molecule has 1 amide bonds. The van der Waals surface area contributed by atoms with E-state index in [0.29, 0.717) is 30.0 Å². The monoisotopic (exact) mass is 435 g/mol. The summed E-state index contributed by atoms with van der Waals surface area (Å²) in [7, 11) is 0. The largest absolute Gasteiger partial charge is 0.433 e. The van der Waals surface area contributed by atoms with Crippen molar-refractivity contribution in [3.63, 3.8) is 0 Å². The fourth-order valence-electron chi connectivity index (χ4n) is 3.83. The predicted molar refractivity (Wildman–Crippen MR) is 106 cm³/mol. The molecular weight excluding hydrogens is 411 g/mol. The van der Waals surface area contributed by atoms with Gasteiger partial charge in [-0.15, -0.1) is 0 Å². The summed E-state index contributed by atoms with van der Waals surface area (Å²) >= 11 is 0. The number of rotatable bonds is 2. The van der Waals surface area contributed by atoms with Gasteiger partial charge in [0.1, 0.15) is 5.69 Å². The van der Waals surface area contributed by atoms with E-state index in [4.69, 9.17) is 4.52 Å². The van der Waals surface area contributed by atoms with Crippen LogP contribution in [0.25, 0.3) is 5.65 Å². The Bertz CT molecular complexity index is 1130. The van der Waals surface area contributed by atoms with Crippen LogP contribution >= 0.6 is 0 Å². The van der Waals surface area contributed by atoms with Gasteiger partial charge in [-0.25, -0.2) is 9.50 Å². The second-order valence-corrected chi connectivity index (χ2v) is 8.96. The summed E-state index contributed by atoms with van der Waals surface area (Å²) in [5.41, 5.74) is -0.0425. The number of hydrogen-bond acceptors (Lipinski definition) is 5. The molecule has 31 heavy (non-hydrogen) atoms.